The Morgan fingerprint density at radius 1 is 1.43 bits per heavy atom. The van der Waals surface area contributed by atoms with Crippen molar-refractivity contribution in [2.75, 3.05) is 0 Å². The average molecular weight is 144 g/mol. The van der Waals surface area contributed by atoms with Crippen LogP contribution >= 0.6 is 0 Å². The number of rotatable bonds is 0. The summed E-state index contributed by atoms with van der Waals surface area (Å²) in [6, 6.07) is 0. The summed E-state index contributed by atoms with van der Waals surface area (Å²) >= 11 is 0. The third-order valence-electron chi connectivity index (χ3n) is 0. The Kier molecular flexibility index (Phi) is 68.2. The first-order valence-electron chi connectivity index (χ1n) is 0.928. The second kappa shape index (κ2) is 16.8. The van der Waals surface area contributed by atoms with E-state index in [0.717, 1.165) is 6.92 Å². The Bertz CT molecular complexity index is 32.7. The summed E-state index contributed by atoms with van der Waals surface area (Å²) in [5.41, 5.74) is 0. The maximum atomic E-state index is 9.00. The first-order valence-corrected chi connectivity index (χ1v) is 0.928. The van der Waals surface area contributed by atoms with Crippen LogP contribution in [0.1, 0.15) is 6.92 Å². The summed E-state index contributed by atoms with van der Waals surface area (Å²) in [7, 11) is 0. The molecular formula is C2H4CrO4. The molecule has 0 aliphatic carbocycles. The molecule has 0 aromatic rings. The van der Waals surface area contributed by atoms with Gasteiger partial charge < -0.3 is 16.1 Å². The largest absolute Gasteiger partial charge is 4.00 e. The van der Waals surface area contributed by atoms with Crippen LogP contribution in [0.25, 0.3) is 0 Å². The van der Waals surface area contributed by atoms with Crippen molar-refractivity contribution in [3.8, 4) is 0 Å². The molecule has 0 saturated carbocycles. The van der Waals surface area contributed by atoms with E-state index < -0.39 is 5.97 Å². The van der Waals surface area contributed by atoms with Gasteiger partial charge in [-0.05, 0) is 0 Å². The van der Waals surface area contributed by atoms with Gasteiger partial charge in [-0.1, -0.05) is 0 Å². The van der Waals surface area contributed by atoms with Gasteiger partial charge in [0.15, 0.2) is 0 Å². The molecule has 0 aliphatic heterocycles. The number of hydrogen-bond donors (Lipinski definition) is 1. The van der Waals surface area contributed by atoms with E-state index in [9.17, 15) is 0 Å². The van der Waals surface area contributed by atoms with Gasteiger partial charge in [-0.3, -0.25) is 4.79 Å². The predicted octanol–water partition coefficient (Wildman–Crippen LogP) is -0.149. The van der Waals surface area contributed by atoms with E-state index in [1.54, 1.807) is 0 Å². The van der Waals surface area contributed by atoms with Crippen LogP contribution in [-0.4, -0.2) is 11.1 Å². The molecule has 0 unspecified atom stereocenters. The van der Waals surface area contributed by atoms with Crippen LogP contribution in [0.5, 0.6) is 0 Å². The van der Waals surface area contributed by atoms with E-state index in [2.05, 4.69) is 0 Å². The SMILES string of the molecule is CC(=O)O.[Cr+4].[O-2].[O-2]. The Morgan fingerprint density at radius 2 is 1.43 bits per heavy atom. The molecule has 0 radical (unpaired) electrons. The van der Waals surface area contributed by atoms with Crippen LogP contribution < -0.4 is 0 Å². The Balaban J connectivity index is -0.0000000150. The van der Waals surface area contributed by atoms with E-state index in [0.29, 0.717) is 0 Å². The molecule has 0 bridgehead atoms. The normalized spacial score (nSPS) is 3.57. The van der Waals surface area contributed by atoms with Crippen LogP contribution in [0.15, 0.2) is 0 Å². The van der Waals surface area contributed by atoms with Crippen molar-refractivity contribution >= 4 is 5.97 Å². The minimum atomic E-state index is -0.833. The molecule has 0 spiro atoms. The molecule has 1 N–H and O–H groups in total. The van der Waals surface area contributed by atoms with Gasteiger partial charge in [0, 0.05) is 6.92 Å². The van der Waals surface area contributed by atoms with E-state index in [1.165, 1.54) is 0 Å². The molecule has 4 nitrogen and oxygen atoms in total. The molecule has 5 heteroatoms. The molecule has 0 fully saturated rings. The maximum Gasteiger partial charge on any atom is 4.00 e. The van der Waals surface area contributed by atoms with Gasteiger partial charge in [-0.25, -0.2) is 0 Å². The molecule has 0 saturated heterocycles. The molecule has 0 aromatic heterocycles. The van der Waals surface area contributed by atoms with Crippen LogP contribution in [0, 0.1) is 0 Å². The molecule has 0 aromatic carbocycles. The smallest absolute Gasteiger partial charge is 2.00 e. The molecule has 0 heterocycles. The van der Waals surface area contributed by atoms with Gasteiger partial charge in [0.2, 0.25) is 0 Å². The van der Waals surface area contributed by atoms with Gasteiger partial charge in [-0.2, -0.15) is 0 Å². The third-order valence-corrected chi connectivity index (χ3v) is 0. The van der Waals surface area contributed by atoms with E-state index in [1.807, 2.05) is 0 Å². The first-order chi connectivity index (χ1) is 1.73. The van der Waals surface area contributed by atoms with Crippen molar-refractivity contribution in [1.29, 1.82) is 0 Å². The Hall–Kier alpha value is -0.0775. The fourth-order valence-electron chi connectivity index (χ4n) is 0. The van der Waals surface area contributed by atoms with Crippen LogP contribution in [0.2, 0.25) is 0 Å². The number of carboxylic acids is 1. The van der Waals surface area contributed by atoms with Crippen molar-refractivity contribution in [1.82, 2.24) is 0 Å². The number of hydrogen-bond acceptors (Lipinski definition) is 1. The van der Waals surface area contributed by atoms with Crippen molar-refractivity contribution in [2.45, 2.75) is 6.92 Å². The zero-order chi connectivity index (χ0) is 3.58. The summed E-state index contributed by atoms with van der Waals surface area (Å²) in [5.74, 6) is -0.833. The van der Waals surface area contributed by atoms with Crippen molar-refractivity contribution in [3.05, 3.63) is 0 Å². The Labute approximate surface area is 51.9 Å². The Morgan fingerprint density at radius 3 is 1.43 bits per heavy atom. The van der Waals surface area contributed by atoms with Gasteiger partial charge >= 0.3 is 17.4 Å². The molecule has 0 rings (SSSR count). The zero-order valence-electron chi connectivity index (χ0n) is 3.58. The molecule has 0 amide bonds. The second-order valence-corrected chi connectivity index (χ2v) is 0.519. The summed E-state index contributed by atoms with van der Waals surface area (Å²) in [6.45, 7) is 1.08. The third kappa shape index (κ3) is 15200. The monoisotopic (exact) mass is 144 g/mol. The average Bonchev–Trinajstić information content (AvgIpc) is 0.811. The molecule has 7 heavy (non-hydrogen) atoms. The summed E-state index contributed by atoms with van der Waals surface area (Å²) in [4.78, 5) is 9.00. The van der Waals surface area contributed by atoms with Crippen LogP contribution in [0.3, 0.4) is 0 Å². The van der Waals surface area contributed by atoms with Gasteiger partial charge in [0.25, 0.3) is 5.97 Å². The van der Waals surface area contributed by atoms with Gasteiger partial charge in [0.05, 0.1) is 0 Å². The zero-order valence-corrected chi connectivity index (χ0v) is 4.86. The van der Waals surface area contributed by atoms with Crippen molar-refractivity contribution in [3.63, 3.8) is 0 Å². The van der Waals surface area contributed by atoms with Gasteiger partial charge in [0.1, 0.15) is 0 Å². The fraction of sp³-hybridized carbons (Fsp3) is 0.500. The number of aliphatic carboxylic acids is 1. The first kappa shape index (κ1) is 28.4. The maximum absolute atomic E-state index is 9.00. The molecular weight excluding hydrogens is 140 g/mol. The van der Waals surface area contributed by atoms with E-state index in [-0.39, 0.29) is 28.3 Å². The van der Waals surface area contributed by atoms with Gasteiger partial charge in [-0.15, -0.1) is 0 Å². The van der Waals surface area contributed by atoms with Crippen LogP contribution in [0.4, 0.5) is 0 Å². The standard InChI is InChI=1S/C2H4O2.Cr.2O/c1-2(3)4;;;/h1H3,(H,3,4);;;/q;+4;2*-2. The molecule has 42 valence electrons. The molecule has 0 aliphatic rings. The summed E-state index contributed by atoms with van der Waals surface area (Å²) < 4.78 is 0. The summed E-state index contributed by atoms with van der Waals surface area (Å²) in [6.07, 6.45) is 0. The topological polar surface area (TPSA) is 94.3 Å². The second-order valence-electron chi connectivity index (χ2n) is 0.519. The number of carbonyl (C=O) groups is 1. The minimum Gasteiger partial charge on any atom is -2.00 e. The predicted molar refractivity (Wildman–Crippen MR) is 14.7 cm³/mol. The van der Waals surface area contributed by atoms with E-state index >= 15 is 0 Å². The quantitative estimate of drug-likeness (QED) is 0.511. The van der Waals surface area contributed by atoms with Crippen molar-refractivity contribution < 1.29 is 38.2 Å². The van der Waals surface area contributed by atoms with Crippen molar-refractivity contribution in [2.24, 2.45) is 0 Å². The fourth-order valence-corrected chi connectivity index (χ4v) is 0. The minimum absolute atomic E-state index is 0. The van der Waals surface area contributed by atoms with Crippen LogP contribution in [-0.2, 0) is 33.1 Å². The molecule has 0 atom stereocenters. The number of carboxylic acid groups (broad SMARTS) is 1. The van der Waals surface area contributed by atoms with E-state index in [4.69, 9.17) is 9.90 Å². The summed E-state index contributed by atoms with van der Waals surface area (Å²) in [5, 5.41) is 7.42.